The van der Waals surface area contributed by atoms with E-state index in [-0.39, 0.29) is 5.82 Å². The van der Waals surface area contributed by atoms with Crippen LogP contribution in [-0.4, -0.2) is 11.3 Å². The lowest BCUT2D eigenvalue weighted by molar-refractivity contribution is 0.112. The molecule has 5 heteroatoms. The Labute approximate surface area is 91.4 Å². The van der Waals surface area contributed by atoms with Crippen LogP contribution in [0.3, 0.4) is 0 Å². The second-order valence-electron chi connectivity index (χ2n) is 3.40. The van der Waals surface area contributed by atoms with E-state index in [2.05, 4.69) is 15.0 Å². The lowest BCUT2D eigenvalue weighted by atomic mass is 10.1. The van der Waals surface area contributed by atoms with Gasteiger partial charge in [-0.25, -0.2) is 4.98 Å². The first kappa shape index (κ1) is 10.1. The van der Waals surface area contributed by atoms with Gasteiger partial charge in [0.25, 0.3) is 0 Å². The van der Waals surface area contributed by atoms with Crippen molar-refractivity contribution < 1.29 is 4.79 Å². The van der Waals surface area contributed by atoms with Crippen LogP contribution in [0.2, 0.25) is 0 Å². The summed E-state index contributed by atoms with van der Waals surface area (Å²) in [6.45, 7) is 1.95. The number of azide groups is 1. The summed E-state index contributed by atoms with van der Waals surface area (Å²) in [5, 5.41) is 4.25. The molecule has 0 spiro atoms. The van der Waals surface area contributed by atoms with Gasteiger partial charge in [-0.15, -0.1) is 0 Å². The Bertz CT molecular complexity index is 615. The number of hydrogen-bond acceptors (Lipinski definition) is 3. The van der Waals surface area contributed by atoms with Crippen molar-refractivity contribution in [3.05, 3.63) is 45.8 Å². The molecular weight excluding hydrogens is 204 g/mol. The van der Waals surface area contributed by atoms with Gasteiger partial charge in [0.15, 0.2) is 6.29 Å². The number of aryl methyl sites for hydroxylation is 1. The minimum Gasteiger partial charge on any atom is -0.298 e. The molecule has 2 rings (SSSR count). The van der Waals surface area contributed by atoms with Crippen LogP contribution < -0.4 is 0 Å². The number of hydrogen-bond donors (Lipinski definition) is 0. The fourth-order valence-electron chi connectivity index (χ4n) is 1.49. The normalized spacial score (nSPS) is 9.81. The fourth-order valence-corrected chi connectivity index (χ4v) is 1.49. The summed E-state index contributed by atoms with van der Waals surface area (Å²) >= 11 is 0. The van der Waals surface area contributed by atoms with Gasteiger partial charge < -0.3 is 0 Å². The quantitative estimate of drug-likeness (QED) is 0.331. The van der Waals surface area contributed by atoms with Crippen molar-refractivity contribution in [3.63, 3.8) is 0 Å². The largest absolute Gasteiger partial charge is 0.298 e. The summed E-state index contributed by atoms with van der Waals surface area (Å²) < 4.78 is 0. The van der Waals surface area contributed by atoms with Crippen molar-refractivity contribution in [2.45, 2.75) is 6.92 Å². The summed E-state index contributed by atoms with van der Waals surface area (Å²) in [5.41, 5.74) is 10.4. The lowest BCUT2D eigenvalue weighted by Crippen LogP contribution is -1.87. The van der Waals surface area contributed by atoms with E-state index < -0.39 is 0 Å². The Balaban J connectivity index is 2.79. The Morgan fingerprint density at radius 2 is 2.25 bits per heavy atom. The molecule has 1 aromatic carbocycles. The Morgan fingerprint density at radius 3 is 2.94 bits per heavy atom. The molecule has 0 fully saturated rings. The van der Waals surface area contributed by atoms with E-state index >= 15 is 0 Å². The second-order valence-corrected chi connectivity index (χ2v) is 3.40. The third-order valence-corrected chi connectivity index (χ3v) is 2.25. The number of rotatable bonds is 2. The third kappa shape index (κ3) is 1.71. The average molecular weight is 212 g/mol. The van der Waals surface area contributed by atoms with E-state index in [1.165, 1.54) is 0 Å². The molecule has 5 nitrogen and oxygen atoms in total. The van der Waals surface area contributed by atoms with Crippen molar-refractivity contribution in [1.29, 1.82) is 0 Å². The molecule has 1 heterocycles. The average Bonchev–Trinajstić information content (AvgIpc) is 2.28. The molecule has 1 aromatic heterocycles. The molecule has 0 unspecified atom stereocenters. The van der Waals surface area contributed by atoms with E-state index in [1.54, 1.807) is 6.07 Å². The van der Waals surface area contributed by atoms with Gasteiger partial charge in [-0.05, 0) is 35.3 Å². The van der Waals surface area contributed by atoms with Crippen LogP contribution in [-0.2, 0) is 0 Å². The number of carbonyl (C=O) groups is 1. The first-order valence-electron chi connectivity index (χ1n) is 4.66. The monoisotopic (exact) mass is 212 g/mol. The standard InChI is InChI=1S/C11H8N4O/c1-7-2-3-8-5-9(6-16)11(14-15-12)13-10(8)4-7/h2-6H,1H3. The van der Waals surface area contributed by atoms with Gasteiger partial charge >= 0.3 is 0 Å². The topological polar surface area (TPSA) is 78.7 Å². The first-order valence-corrected chi connectivity index (χ1v) is 4.66. The Kier molecular flexibility index (Phi) is 2.54. The zero-order valence-electron chi connectivity index (χ0n) is 8.58. The molecule has 0 radical (unpaired) electrons. The highest BCUT2D eigenvalue weighted by molar-refractivity contribution is 5.90. The van der Waals surface area contributed by atoms with Crippen LogP contribution in [0, 0.1) is 6.92 Å². The van der Waals surface area contributed by atoms with E-state index in [4.69, 9.17) is 5.53 Å². The maximum Gasteiger partial charge on any atom is 0.152 e. The van der Waals surface area contributed by atoms with E-state index in [0.717, 1.165) is 10.9 Å². The van der Waals surface area contributed by atoms with Gasteiger partial charge in [-0.3, -0.25) is 4.79 Å². The van der Waals surface area contributed by atoms with Crippen LogP contribution in [0.25, 0.3) is 21.3 Å². The molecule has 0 N–H and O–H groups in total. The van der Waals surface area contributed by atoms with Gasteiger partial charge in [0.1, 0.15) is 5.82 Å². The van der Waals surface area contributed by atoms with Crippen LogP contribution in [0.5, 0.6) is 0 Å². The molecule has 0 aliphatic rings. The summed E-state index contributed by atoms with van der Waals surface area (Å²) in [7, 11) is 0. The number of aromatic nitrogens is 1. The van der Waals surface area contributed by atoms with Crippen molar-refractivity contribution in [2.24, 2.45) is 5.11 Å². The minimum absolute atomic E-state index is 0.121. The number of fused-ring (bicyclic) bond motifs is 1. The highest BCUT2D eigenvalue weighted by Crippen LogP contribution is 2.22. The predicted molar refractivity (Wildman–Crippen MR) is 60.7 cm³/mol. The maximum atomic E-state index is 10.8. The van der Waals surface area contributed by atoms with Crippen molar-refractivity contribution >= 4 is 23.0 Å². The van der Waals surface area contributed by atoms with Gasteiger partial charge in [-0.2, -0.15) is 0 Å². The van der Waals surface area contributed by atoms with Crippen molar-refractivity contribution in [2.75, 3.05) is 0 Å². The van der Waals surface area contributed by atoms with Crippen LogP contribution >= 0.6 is 0 Å². The SMILES string of the molecule is Cc1ccc2cc(C=O)c(N=[N+]=[N-])nc2c1. The summed E-state index contributed by atoms with van der Waals surface area (Å²) in [5.74, 6) is 0.121. The van der Waals surface area contributed by atoms with Gasteiger partial charge in [-0.1, -0.05) is 12.1 Å². The van der Waals surface area contributed by atoms with E-state index in [1.807, 2.05) is 25.1 Å². The maximum absolute atomic E-state index is 10.8. The zero-order chi connectivity index (χ0) is 11.5. The number of aldehydes is 1. The predicted octanol–water partition coefficient (Wildman–Crippen LogP) is 3.30. The van der Waals surface area contributed by atoms with Crippen molar-refractivity contribution in [3.8, 4) is 0 Å². The number of benzene rings is 1. The zero-order valence-corrected chi connectivity index (χ0v) is 8.58. The second kappa shape index (κ2) is 4.00. The third-order valence-electron chi connectivity index (χ3n) is 2.25. The summed E-state index contributed by atoms with van der Waals surface area (Å²) in [4.78, 5) is 17.6. The van der Waals surface area contributed by atoms with Gasteiger partial charge in [0.2, 0.25) is 0 Å². The smallest absolute Gasteiger partial charge is 0.152 e. The minimum atomic E-state index is 0.121. The molecule has 0 atom stereocenters. The van der Waals surface area contributed by atoms with Gasteiger partial charge in [0, 0.05) is 15.9 Å². The molecule has 0 amide bonds. The molecule has 2 aromatic rings. The molecule has 0 aliphatic carbocycles. The summed E-state index contributed by atoms with van der Waals surface area (Å²) in [6.07, 6.45) is 0.635. The van der Waals surface area contributed by atoms with Gasteiger partial charge in [0.05, 0.1) is 5.52 Å². The molecular formula is C11H8N4O. The molecule has 0 saturated heterocycles. The van der Waals surface area contributed by atoms with Crippen LogP contribution in [0.15, 0.2) is 29.4 Å². The fraction of sp³-hybridized carbons (Fsp3) is 0.0909. The highest BCUT2D eigenvalue weighted by Gasteiger charge is 2.04. The Morgan fingerprint density at radius 1 is 1.44 bits per heavy atom. The lowest BCUT2D eigenvalue weighted by Gasteiger charge is -2.02. The van der Waals surface area contributed by atoms with Crippen LogP contribution in [0.4, 0.5) is 5.82 Å². The van der Waals surface area contributed by atoms with E-state index in [0.29, 0.717) is 17.4 Å². The molecule has 78 valence electrons. The number of pyridine rings is 1. The van der Waals surface area contributed by atoms with E-state index in [9.17, 15) is 4.79 Å². The Hall–Kier alpha value is -2.39. The number of carbonyl (C=O) groups excluding carboxylic acids is 1. The van der Waals surface area contributed by atoms with Crippen LogP contribution in [0.1, 0.15) is 15.9 Å². The highest BCUT2D eigenvalue weighted by atomic mass is 16.1. The molecule has 0 aliphatic heterocycles. The molecule has 16 heavy (non-hydrogen) atoms. The molecule has 0 bridgehead atoms. The number of nitrogens with zero attached hydrogens (tertiary/aromatic N) is 4. The molecule has 0 saturated carbocycles. The van der Waals surface area contributed by atoms with Crippen molar-refractivity contribution in [1.82, 2.24) is 4.98 Å². The summed E-state index contributed by atoms with van der Waals surface area (Å²) in [6, 6.07) is 7.36. The first-order chi connectivity index (χ1) is 7.74.